The third-order valence-electron chi connectivity index (χ3n) is 2.82. The lowest BCUT2D eigenvalue weighted by Gasteiger charge is -2.15. The predicted molar refractivity (Wildman–Crippen MR) is 78.1 cm³/mol. The van der Waals surface area contributed by atoms with E-state index >= 15 is 0 Å². The van der Waals surface area contributed by atoms with E-state index in [1.807, 2.05) is 26.0 Å². The van der Waals surface area contributed by atoms with E-state index in [0.717, 1.165) is 0 Å². The molecule has 21 heavy (non-hydrogen) atoms. The molecule has 1 atom stereocenters. The second-order valence-electron chi connectivity index (χ2n) is 4.94. The molecule has 1 aromatic heterocycles. The van der Waals surface area contributed by atoms with E-state index in [9.17, 15) is 9.90 Å². The van der Waals surface area contributed by atoms with Crippen LogP contribution in [0, 0.1) is 0 Å². The van der Waals surface area contributed by atoms with Gasteiger partial charge in [0, 0.05) is 12.7 Å². The van der Waals surface area contributed by atoms with Crippen LogP contribution in [-0.4, -0.2) is 33.9 Å². The summed E-state index contributed by atoms with van der Waals surface area (Å²) in [5.74, 6) is 0.391. The number of nitrogens with one attached hydrogen (secondary N) is 2. The van der Waals surface area contributed by atoms with Crippen molar-refractivity contribution in [3.8, 4) is 5.75 Å². The number of hydrogen-bond donors (Lipinski definition) is 3. The van der Waals surface area contributed by atoms with Crippen molar-refractivity contribution in [2.45, 2.75) is 26.1 Å². The van der Waals surface area contributed by atoms with Crippen molar-refractivity contribution in [3.05, 3.63) is 47.8 Å². The van der Waals surface area contributed by atoms with Gasteiger partial charge in [0.15, 0.2) is 0 Å². The van der Waals surface area contributed by atoms with Crippen molar-refractivity contribution in [2.24, 2.45) is 0 Å². The molecule has 0 radical (unpaired) electrons. The third-order valence-corrected chi connectivity index (χ3v) is 2.82. The topological polar surface area (TPSA) is 87.2 Å². The van der Waals surface area contributed by atoms with Gasteiger partial charge in [-0.2, -0.15) is 5.10 Å². The van der Waals surface area contributed by atoms with Crippen molar-refractivity contribution in [1.29, 1.82) is 0 Å². The molecule has 1 amide bonds. The molecular weight excluding hydrogens is 270 g/mol. The van der Waals surface area contributed by atoms with Gasteiger partial charge in [-0.25, -0.2) is 0 Å². The number of H-pyrrole nitrogens is 1. The first-order valence-corrected chi connectivity index (χ1v) is 6.78. The highest BCUT2D eigenvalue weighted by atomic mass is 16.5. The Hall–Kier alpha value is -2.34. The molecule has 2 rings (SSSR count). The van der Waals surface area contributed by atoms with Gasteiger partial charge in [-0.05, 0) is 37.6 Å². The van der Waals surface area contributed by atoms with Gasteiger partial charge in [-0.15, -0.1) is 0 Å². The summed E-state index contributed by atoms with van der Waals surface area (Å²) in [6, 6.07) is 8.78. The SMILES string of the molecule is CC(C)Oc1cccc(C(O)CNC(=O)c2ccn[nH]2)c1. The maximum absolute atomic E-state index is 11.7. The number of amides is 1. The molecular formula is C15H19N3O3. The minimum absolute atomic E-state index is 0.0671. The van der Waals surface area contributed by atoms with E-state index in [0.29, 0.717) is 17.0 Å². The van der Waals surface area contributed by atoms with E-state index in [2.05, 4.69) is 15.5 Å². The zero-order valence-electron chi connectivity index (χ0n) is 12.0. The molecule has 0 saturated heterocycles. The smallest absolute Gasteiger partial charge is 0.269 e. The molecule has 1 heterocycles. The minimum Gasteiger partial charge on any atom is -0.491 e. The van der Waals surface area contributed by atoms with Gasteiger partial charge in [0.25, 0.3) is 5.91 Å². The zero-order valence-corrected chi connectivity index (χ0v) is 12.0. The number of aromatic nitrogens is 2. The first kappa shape index (κ1) is 15.1. The van der Waals surface area contributed by atoms with Crippen molar-refractivity contribution < 1.29 is 14.6 Å². The van der Waals surface area contributed by atoms with Gasteiger partial charge < -0.3 is 15.2 Å². The lowest BCUT2D eigenvalue weighted by Crippen LogP contribution is -2.28. The molecule has 6 heteroatoms. The number of rotatable bonds is 6. The van der Waals surface area contributed by atoms with Crippen molar-refractivity contribution in [1.82, 2.24) is 15.5 Å². The Labute approximate surface area is 123 Å². The normalized spacial score (nSPS) is 12.2. The summed E-state index contributed by atoms with van der Waals surface area (Å²) in [5, 5.41) is 19.0. The second kappa shape index (κ2) is 6.90. The standard InChI is InChI=1S/C15H19N3O3/c1-10(2)21-12-5-3-4-11(8-12)14(19)9-16-15(20)13-6-7-17-18-13/h3-8,10,14,19H,9H2,1-2H3,(H,16,20)(H,17,18). The van der Waals surface area contributed by atoms with Crippen molar-refractivity contribution in [2.75, 3.05) is 6.54 Å². The van der Waals surface area contributed by atoms with E-state index in [-0.39, 0.29) is 18.6 Å². The fourth-order valence-electron chi connectivity index (χ4n) is 1.85. The third kappa shape index (κ3) is 4.32. The summed E-state index contributed by atoms with van der Waals surface area (Å²) >= 11 is 0. The molecule has 0 fully saturated rings. The summed E-state index contributed by atoms with van der Waals surface area (Å²) in [4.78, 5) is 11.7. The number of carbonyl (C=O) groups is 1. The molecule has 6 nitrogen and oxygen atoms in total. The minimum atomic E-state index is -0.799. The Morgan fingerprint density at radius 3 is 2.90 bits per heavy atom. The molecule has 1 unspecified atom stereocenters. The van der Waals surface area contributed by atoms with Crippen LogP contribution in [0.1, 0.15) is 36.0 Å². The van der Waals surface area contributed by atoms with Crippen molar-refractivity contribution >= 4 is 5.91 Å². The summed E-state index contributed by atoms with van der Waals surface area (Å²) < 4.78 is 5.58. The number of aromatic amines is 1. The molecule has 0 spiro atoms. The Bertz CT molecular complexity index is 582. The molecule has 3 N–H and O–H groups in total. The Kier molecular flexibility index (Phi) is 4.94. The van der Waals surface area contributed by atoms with Gasteiger partial charge >= 0.3 is 0 Å². The van der Waals surface area contributed by atoms with Crippen LogP contribution in [0.2, 0.25) is 0 Å². The summed E-state index contributed by atoms with van der Waals surface area (Å²) in [5.41, 5.74) is 1.05. The number of ether oxygens (including phenoxy) is 1. The summed E-state index contributed by atoms with van der Waals surface area (Å²) in [6.45, 7) is 3.99. The predicted octanol–water partition coefficient (Wildman–Crippen LogP) is 1.66. The molecule has 0 bridgehead atoms. The van der Waals surface area contributed by atoms with Gasteiger partial charge in [-0.1, -0.05) is 12.1 Å². The van der Waals surface area contributed by atoms with Crippen LogP contribution in [0.4, 0.5) is 0 Å². The van der Waals surface area contributed by atoms with Crippen LogP contribution in [0.3, 0.4) is 0 Å². The first-order valence-electron chi connectivity index (χ1n) is 6.78. The zero-order chi connectivity index (χ0) is 15.2. The average molecular weight is 289 g/mol. The number of nitrogens with zero attached hydrogens (tertiary/aromatic N) is 1. The summed E-state index contributed by atoms with van der Waals surface area (Å²) in [7, 11) is 0. The molecule has 0 aliphatic rings. The molecule has 1 aromatic carbocycles. The average Bonchev–Trinajstić information content (AvgIpc) is 2.98. The molecule has 0 aliphatic heterocycles. The fraction of sp³-hybridized carbons (Fsp3) is 0.333. The number of benzene rings is 1. The largest absolute Gasteiger partial charge is 0.491 e. The number of aliphatic hydroxyl groups is 1. The van der Waals surface area contributed by atoms with E-state index in [1.165, 1.54) is 6.20 Å². The van der Waals surface area contributed by atoms with Crippen molar-refractivity contribution in [3.63, 3.8) is 0 Å². The van der Waals surface area contributed by atoms with Crippen LogP contribution in [0.15, 0.2) is 36.5 Å². The lowest BCUT2D eigenvalue weighted by atomic mass is 10.1. The first-order chi connectivity index (χ1) is 10.1. The number of aliphatic hydroxyl groups excluding tert-OH is 1. The fourth-order valence-corrected chi connectivity index (χ4v) is 1.85. The van der Waals surface area contributed by atoms with Crippen LogP contribution >= 0.6 is 0 Å². The summed E-state index contributed by atoms with van der Waals surface area (Å²) in [6.07, 6.45) is 0.767. The van der Waals surface area contributed by atoms with E-state index in [1.54, 1.807) is 18.2 Å². The monoisotopic (exact) mass is 289 g/mol. The van der Waals surface area contributed by atoms with E-state index < -0.39 is 6.10 Å². The van der Waals surface area contributed by atoms with Crippen LogP contribution in [0.5, 0.6) is 5.75 Å². The second-order valence-corrected chi connectivity index (χ2v) is 4.94. The highest BCUT2D eigenvalue weighted by Gasteiger charge is 2.12. The Balaban J connectivity index is 1.94. The molecule has 112 valence electrons. The highest BCUT2D eigenvalue weighted by molar-refractivity contribution is 5.92. The maximum Gasteiger partial charge on any atom is 0.269 e. The number of hydrogen-bond acceptors (Lipinski definition) is 4. The number of carbonyl (C=O) groups excluding carboxylic acids is 1. The van der Waals surface area contributed by atoms with Gasteiger partial charge in [-0.3, -0.25) is 9.89 Å². The highest BCUT2D eigenvalue weighted by Crippen LogP contribution is 2.19. The Morgan fingerprint density at radius 2 is 2.24 bits per heavy atom. The maximum atomic E-state index is 11.7. The van der Waals surface area contributed by atoms with Crippen LogP contribution < -0.4 is 10.1 Å². The Morgan fingerprint density at radius 1 is 1.43 bits per heavy atom. The van der Waals surface area contributed by atoms with Gasteiger partial charge in [0.2, 0.25) is 0 Å². The quantitative estimate of drug-likeness (QED) is 0.754. The van der Waals surface area contributed by atoms with Gasteiger partial charge in [0.1, 0.15) is 11.4 Å². The van der Waals surface area contributed by atoms with Crippen LogP contribution in [0.25, 0.3) is 0 Å². The lowest BCUT2D eigenvalue weighted by molar-refractivity contribution is 0.0911. The molecule has 2 aromatic rings. The van der Waals surface area contributed by atoms with E-state index in [4.69, 9.17) is 4.74 Å². The van der Waals surface area contributed by atoms with Gasteiger partial charge in [0.05, 0.1) is 12.2 Å². The molecule has 0 aliphatic carbocycles. The van der Waals surface area contributed by atoms with Crippen LogP contribution in [-0.2, 0) is 0 Å². The molecule has 0 saturated carbocycles.